The highest BCUT2D eigenvalue weighted by atomic mass is 15.3. The lowest BCUT2D eigenvalue weighted by molar-refractivity contribution is 0.660. The van der Waals surface area contributed by atoms with Gasteiger partial charge in [0.25, 0.3) is 0 Å². The highest BCUT2D eigenvalue weighted by Crippen LogP contribution is 2.42. The summed E-state index contributed by atoms with van der Waals surface area (Å²) in [6.07, 6.45) is 8.11. The van der Waals surface area contributed by atoms with Gasteiger partial charge in [-0.1, -0.05) is 6.08 Å². The molecule has 0 bridgehead atoms. The summed E-state index contributed by atoms with van der Waals surface area (Å²) in [6, 6.07) is 0. The summed E-state index contributed by atoms with van der Waals surface area (Å²) in [7, 11) is 0. The topological polar surface area (TPSA) is 61.7 Å². The van der Waals surface area contributed by atoms with Crippen LogP contribution in [0.4, 0.5) is 5.82 Å². The maximum atomic E-state index is 6.25. The fourth-order valence-electron chi connectivity index (χ4n) is 2.33. The summed E-state index contributed by atoms with van der Waals surface area (Å²) in [6.45, 7) is 7.42. The second-order valence-corrected chi connectivity index (χ2v) is 4.96. The Labute approximate surface area is 112 Å². The molecular weight excluding hydrogens is 238 g/mol. The monoisotopic (exact) mass is 257 g/mol. The quantitative estimate of drug-likeness (QED) is 0.837. The number of hydrogen-bond acceptors (Lipinski definition) is 3. The van der Waals surface area contributed by atoms with E-state index in [1.165, 1.54) is 12.8 Å². The lowest BCUT2D eigenvalue weighted by atomic mass is 10.2. The zero-order valence-corrected chi connectivity index (χ0v) is 11.2. The average Bonchev–Trinajstić information content (AvgIpc) is 3.06. The average molecular weight is 257 g/mol. The highest BCUT2D eigenvalue weighted by molar-refractivity contribution is 5.70. The van der Waals surface area contributed by atoms with E-state index in [-0.39, 0.29) is 0 Å². The van der Waals surface area contributed by atoms with E-state index in [0.29, 0.717) is 12.5 Å². The molecule has 2 N–H and O–H groups in total. The van der Waals surface area contributed by atoms with E-state index in [1.807, 2.05) is 23.2 Å². The molecule has 2 heterocycles. The van der Waals surface area contributed by atoms with Crippen molar-refractivity contribution in [3.8, 4) is 11.3 Å². The summed E-state index contributed by atoms with van der Waals surface area (Å²) in [4.78, 5) is 4.75. The van der Waals surface area contributed by atoms with Crippen molar-refractivity contribution in [3.05, 3.63) is 30.9 Å². The van der Waals surface area contributed by atoms with Gasteiger partial charge in [0.05, 0.1) is 6.20 Å². The molecule has 2 aromatic rings. The number of imidazole rings is 1. The van der Waals surface area contributed by atoms with E-state index in [1.54, 1.807) is 0 Å². The van der Waals surface area contributed by atoms with E-state index in [9.17, 15) is 0 Å². The van der Waals surface area contributed by atoms with Gasteiger partial charge >= 0.3 is 0 Å². The molecule has 1 fully saturated rings. The second kappa shape index (κ2) is 4.57. The van der Waals surface area contributed by atoms with Gasteiger partial charge in [0.15, 0.2) is 0 Å². The highest BCUT2D eigenvalue weighted by Gasteiger charge is 2.30. The number of nitrogen functional groups attached to an aromatic ring is 1. The minimum Gasteiger partial charge on any atom is -0.383 e. The lowest BCUT2D eigenvalue weighted by Gasteiger charge is -2.05. The SMILES string of the molecule is C=CCn1c(C2CC2)nc(-c2cnn(CC)c2)c1N. The fraction of sp³-hybridized carbons (Fsp3) is 0.429. The molecule has 0 atom stereocenters. The van der Waals surface area contributed by atoms with Crippen LogP contribution in [0.15, 0.2) is 25.0 Å². The number of nitrogens with two attached hydrogens (primary N) is 1. The van der Waals surface area contributed by atoms with Crippen molar-refractivity contribution in [1.82, 2.24) is 19.3 Å². The lowest BCUT2D eigenvalue weighted by Crippen LogP contribution is -2.05. The molecule has 100 valence electrons. The Morgan fingerprint density at radius 3 is 2.89 bits per heavy atom. The predicted octanol–water partition coefficient (Wildman–Crippen LogP) is 2.41. The smallest absolute Gasteiger partial charge is 0.132 e. The van der Waals surface area contributed by atoms with Crippen molar-refractivity contribution in [3.63, 3.8) is 0 Å². The van der Waals surface area contributed by atoms with Gasteiger partial charge < -0.3 is 10.3 Å². The normalized spacial score (nSPS) is 14.8. The van der Waals surface area contributed by atoms with Gasteiger partial charge in [0.1, 0.15) is 17.3 Å². The van der Waals surface area contributed by atoms with Crippen LogP contribution >= 0.6 is 0 Å². The van der Waals surface area contributed by atoms with E-state index in [4.69, 9.17) is 10.7 Å². The Bertz CT molecular complexity index is 603. The molecule has 0 amide bonds. The number of nitrogens with zero attached hydrogens (tertiary/aromatic N) is 4. The van der Waals surface area contributed by atoms with Crippen molar-refractivity contribution in [2.24, 2.45) is 0 Å². The van der Waals surface area contributed by atoms with Gasteiger partial charge in [-0.25, -0.2) is 4.98 Å². The van der Waals surface area contributed by atoms with Crippen LogP contribution < -0.4 is 5.73 Å². The van der Waals surface area contributed by atoms with Crippen LogP contribution in [-0.2, 0) is 13.1 Å². The van der Waals surface area contributed by atoms with Crippen LogP contribution in [0, 0.1) is 0 Å². The summed E-state index contributed by atoms with van der Waals surface area (Å²) in [5.74, 6) is 2.38. The Hall–Kier alpha value is -2.04. The molecule has 3 rings (SSSR count). The first-order valence-corrected chi connectivity index (χ1v) is 6.74. The number of rotatable bonds is 5. The minimum atomic E-state index is 0.567. The summed E-state index contributed by atoms with van der Waals surface area (Å²) >= 11 is 0. The molecule has 1 aliphatic rings. The molecular formula is C14H19N5. The largest absolute Gasteiger partial charge is 0.383 e. The van der Waals surface area contributed by atoms with E-state index in [0.717, 1.165) is 29.4 Å². The van der Waals surface area contributed by atoms with Crippen LogP contribution in [0.25, 0.3) is 11.3 Å². The van der Waals surface area contributed by atoms with Crippen molar-refractivity contribution in [2.75, 3.05) is 5.73 Å². The molecule has 0 aliphatic heterocycles. The predicted molar refractivity (Wildman–Crippen MR) is 75.7 cm³/mol. The Morgan fingerprint density at radius 1 is 1.53 bits per heavy atom. The first-order valence-electron chi connectivity index (χ1n) is 6.74. The van der Waals surface area contributed by atoms with Crippen LogP contribution in [0.1, 0.15) is 31.5 Å². The third-order valence-electron chi connectivity index (χ3n) is 3.52. The molecule has 0 radical (unpaired) electrons. The third-order valence-corrected chi connectivity index (χ3v) is 3.52. The van der Waals surface area contributed by atoms with Gasteiger partial charge in [-0.05, 0) is 19.8 Å². The Balaban J connectivity index is 2.05. The van der Waals surface area contributed by atoms with Crippen LogP contribution in [0.5, 0.6) is 0 Å². The van der Waals surface area contributed by atoms with Gasteiger partial charge in [-0.15, -0.1) is 6.58 Å². The van der Waals surface area contributed by atoms with E-state index < -0.39 is 0 Å². The molecule has 0 aromatic carbocycles. The Kier molecular flexibility index (Phi) is 2.89. The van der Waals surface area contributed by atoms with Crippen molar-refractivity contribution in [1.29, 1.82) is 0 Å². The zero-order chi connectivity index (χ0) is 13.4. The number of anilines is 1. The van der Waals surface area contributed by atoms with Gasteiger partial charge in [-0.3, -0.25) is 4.68 Å². The molecule has 5 heteroatoms. The van der Waals surface area contributed by atoms with Gasteiger partial charge in [-0.2, -0.15) is 5.10 Å². The molecule has 0 spiro atoms. The Morgan fingerprint density at radius 2 is 2.32 bits per heavy atom. The molecule has 1 aliphatic carbocycles. The van der Waals surface area contributed by atoms with Gasteiger partial charge in [0, 0.05) is 30.8 Å². The maximum Gasteiger partial charge on any atom is 0.132 e. The van der Waals surface area contributed by atoms with Crippen molar-refractivity contribution < 1.29 is 0 Å². The fourth-order valence-corrected chi connectivity index (χ4v) is 2.33. The second-order valence-electron chi connectivity index (χ2n) is 4.96. The number of allylic oxidation sites excluding steroid dienone is 1. The first-order chi connectivity index (χ1) is 9.24. The van der Waals surface area contributed by atoms with Gasteiger partial charge in [0.2, 0.25) is 0 Å². The molecule has 19 heavy (non-hydrogen) atoms. The molecule has 2 aromatic heterocycles. The van der Waals surface area contributed by atoms with Crippen molar-refractivity contribution in [2.45, 2.75) is 38.8 Å². The number of aromatic nitrogens is 4. The standard InChI is InChI=1S/C14H19N5/c1-3-7-19-13(15)12(17-14(19)10-5-6-10)11-8-16-18(4-2)9-11/h3,8-10H,1,4-7,15H2,2H3. The van der Waals surface area contributed by atoms with Crippen LogP contribution in [0.2, 0.25) is 0 Å². The van der Waals surface area contributed by atoms with E-state index in [2.05, 4.69) is 23.2 Å². The molecule has 0 saturated heterocycles. The van der Waals surface area contributed by atoms with Crippen molar-refractivity contribution >= 4 is 5.82 Å². The number of hydrogen-bond donors (Lipinski definition) is 1. The van der Waals surface area contributed by atoms with E-state index >= 15 is 0 Å². The van der Waals surface area contributed by atoms with Crippen LogP contribution in [0.3, 0.4) is 0 Å². The summed E-state index contributed by atoms with van der Waals surface area (Å²) in [5.41, 5.74) is 8.09. The maximum absolute atomic E-state index is 6.25. The molecule has 1 saturated carbocycles. The zero-order valence-electron chi connectivity index (χ0n) is 11.2. The van der Waals surface area contributed by atoms with Crippen LogP contribution in [-0.4, -0.2) is 19.3 Å². The number of aryl methyl sites for hydroxylation is 1. The summed E-state index contributed by atoms with van der Waals surface area (Å²) < 4.78 is 3.96. The first kappa shape index (κ1) is 12.0. The molecule has 5 nitrogen and oxygen atoms in total. The summed E-state index contributed by atoms with van der Waals surface area (Å²) in [5, 5.41) is 4.29. The minimum absolute atomic E-state index is 0.567. The molecule has 0 unspecified atom stereocenters. The third kappa shape index (κ3) is 2.05.